The van der Waals surface area contributed by atoms with Crippen molar-refractivity contribution in [2.24, 2.45) is 0 Å². The van der Waals surface area contributed by atoms with Gasteiger partial charge in [0.05, 0.1) is 4.92 Å². The van der Waals surface area contributed by atoms with Crippen molar-refractivity contribution in [3.8, 4) is 0 Å². The molecule has 1 aromatic rings. The minimum Gasteiger partial charge on any atom is -0.378 e. The quantitative estimate of drug-likeness (QED) is 0.652. The third-order valence-corrected chi connectivity index (χ3v) is 3.45. The van der Waals surface area contributed by atoms with Gasteiger partial charge in [0, 0.05) is 18.8 Å². The lowest BCUT2D eigenvalue weighted by atomic mass is 10.0. The number of rotatable bonds is 4. The van der Waals surface area contributed by atoms with Crippen LogP contribution in [0, 0.1) is 10.1 Å². The SMILES string of the molecule is CN1CCCCC1CNc1ccncc1[N+](=O)[O-]. The van der Waals surface area contributed by atoms with Crippen LogP contribution in [0.3, 0.4) is 0 Å². The van der Waals surface area contributed by atoms with Crippen LogP contribution in [-0.4, -0.2) is 41.0 Å². The molecule has 2 heterocycles. The number of likely N-dealkylation sites (tertiary alicyclic amines) is 1. The highest BCUT2D eigenvalue weighted by molar-refractivity contribution is 5.59. The molecular weight excluding hydrogens is 232 g/mol. The smallest absolute Gasteiger partial charge is 0.310 e. The molecule has 1 unspecified atom stereocenters. The van der Waals surface area contributed by atoms with E-state index >= 15 is 0 Å². The second-order valence-corrected chi connectivity index (χ2v) is 4.66. The Balaban J connectivity index is 1.99. The van der Waals surface area contributed by atoms with Crippen LogP contribution < -0.4 is 5.32 Å². The molecule has 0 saturated carbocycles. The summed E-state index contributed by atoms with van der Waals surface area (Å²) in [5.41, 5.74) is 0.588. The van der Waals surface area contributed by atoms with Crippen LogP contribution in [0.25, 0.3) is 0 Å². The highest BCUT2D eigenvalue weighted by Crippen LogP contribution is 2.23. The van der Waals surface area contributed by atoms with Crippen molar-refractivity contribution in [2.75, 3.05) is 25.5 Å². The van der Waals surface area contributed by atoms with Crippen molar-refractivity contribution in [1.82, 2.24) is 9.88 Å². The van der Waals surface area contributed by atoms with Crippen LogP contribution in [0.4, 0.5) is 11.4 Å². The zero-order valence-electron chi connectivity index (χ0n) is 10.5. The molecule has 1 aliphatic rings. The van der Waals surface area contributed by atoms with Gasteiger partial charge in [-0.3, -0.25) is 15.1 Å². The zero-order valence-corrected chi connectivity index (χ0v) is 10.5. The Morgan fingerprint density at radius 3 is 3.17 bits per heavy atom. The van der Waals surface area contributed by atoms with Gasteiger partial charge in [-0.15, -0.1) is 0 Å². The number of pyridine rings is 1. The molecule has 18 heavy (non-hydrogen) atoms. The zero-order chi connectivity index (χ0) is 13.0. The fraction of sp³-hybridized carbons (Fsp3) is 0.583. The van der Waals surface area contributed by atoms with E-state index in [1.807, 2.05) is 0 Å². The van der Waals surface area contributed by atoms with Gasteiger partial charge < -0.3 is 10.2 Å². The molecule has 6 nitrogen and oxygen atoms in total. The lowest BCUT2D eigenvalue weighted by Crippen LogP contribution is -2.40. The number of hydrogen-bond acceptors (Lipinski definition) is 5. The summed E-state index contributed by atoms with van der Waals surface area (Å²) in [4.78, 5) is 16.5. The topological polar surface area (TPSA) is 71.3 Å². The minimum atomic E-state index is -0.403. The van der Waals surface area contributed by atoms with E-state index in [4.69, 9.17) is 0 Å². The Morgan fingerprint density at radius 1 is 1.61 bits per heavy atom. The number of likely N-dealkylation sites (N-methyl/N-ethyl adjacent to an activating group) is 1. The van der Waals surface area contributed by atoms with Crippen molar-refractivity contribution in [1.29, 1.82) is 0 Å². The molecule has 98 valence electrons. The van der Waals surface area contributed by atoms with Crippen LogP contribution >= 0.6 is 0 Å². The van der Waals surface area contributed by atoms with Crippen molar-refractivity contribution in [3.05, 3.63) is 28.6 Å². The van der Waals surface area contributed by atoms with Crippen molar-refractivity contribution < 1.29 is 4.92 Å². The molecule has 0 aromatic carbocycles. The first kappa shape index (κ1) is 12.8. The molecule has 6 heteroatoms. The molecule has 1 saturated heterocycles. The maximum absolute atomic E-state index is 10.9. The van der Waals surface area contributed by atoms with E-state index in [-0.39, 0.29) is 5.69 Å². The Bertz CT molecular complexity index is 424. The molecule has 1 N–H and O–H groups in total. The Labute approximate surface area is 106 Å². The molecule has 1 aromatic heterocycles. The number of nitrogens with zero attached hydrogens (tertiary/aromatic N) is 3. The van der Waals surface area contributed by atoms with Crippen molar-refractivity contribution >= 4 is 11.4 Å². The van der Waals surface area contributed by atoms with E-state index in [9.17, 15) is 10.1 Å². The lowest BCUT2D eigenvalue weighted by molar-refractivity contribution is -0.384. The van der Waals surface area contributed by atoms with Gasteiger partial charge >= 0.3 is 5.69 Å². The van der Waals surface area contributed by atoms with Gasteiger partial charge in [-0.2, -0.15) is 0 Å². The molecule has 0 amide bonds. The molecule has 1 aliphatic heterocycles. The number of nitrogens with one attached hydrogen (secondary N) is 1. The standard InChI is InChI=1S/C12H18N4O2/c1-15-7-3-2-4-10(15)8-14-11-5-6-13-9-12(11)16(17)18/h5-6,9-10H,2-4,7-8H2,1H3,(H,13,14). The summed E-state index contributed by atoms with van der Waals surface area (Å²) in [6, 6.07) is 2.10. The summed E-state index contributed by atoms with van der Waals surface area (Å²) >= 11 is 0. The molecule has 1 atom stereocenters. The van der Waals surface area contributed by atoms with E-state index < -0.39 is 4.92 Å². The average molecular weight is 250 g/mol. The Kier molecular flexibility index (Phi) is 4.09. The van der Waals surface area contributed by atoms with E-state index in [2.05, 4.69) is 22.2 Å². The van der Waals surface area contributed by atoms with Crippen LogP contribution in [-0.2, 0) is 0 Å². The molecule has 0 radical (unpaired) electrons. The lowest BCUT2D eigenvalue weighted by Gasteiger charge is -2.32. The number of piperidine rings is 1. The third kappa shape index (κ3) is 2.95. The maximum Gasteiger partial charge on any atom is 0.310 e. The van der Waals surface area contributed by atoms with Crippen LogP contribution in [0.15, 0.2) is 18.5 Å². The minimum absolute atomic E-state index is 0.0379. The fourth-order valence-electron chi connectivity index (χ4n) is 2.31. The van der Waals surface area contributed by atoms with Crippen LogP contribution in [0.1, 0.15) is 19.3 Å². The van der Waals surface area contributed by atoms with Gasteiger partial charge in [0.1, 0.15) is 11.9 Å². The molecule has 2 rings (SSSR count). The maximum atomic E-state index is 10.9. The summed E-state index contributed by atoms with van der Waals surface area (Å²) in [6.45, 7) is 1.84. The monoisotopic (exact) mass is 250 g/mol. The number of nitro groups is 1. The van der Waals surface area contributed by atoms with Gasteiger partial charge in [0.25, 0.3) is 0 Å². The Hall–Kier alpha value is -1.69. The summed E-state index contributed by atoms with van der Waals surface area (Å²) in [7, 11) is 2.10. The third-order valence-electron chi connectivity index (χ3n) is 3.45. The summed E-state index contributed by atoms with van der Waals surface area (Å²) < 4.78 is 0. The van der Waals surface area contributed by atoms with Gasteiger partial charge in [-0.1, -0.05) is 6.42 Å². The van der Waals surface area contributed by atoms with Crippen molar-refractivity contribution in [2.45, 2.75) is 25.3 Å². The van der Waals surface area contributed by atoms with Crippen molar-refractivity contribution in [3.63, 3.8) is 0 Å². The number of aromatic nitrogens is 1. The molecule has 0 aliphatic carbocycles. The molecule has 1 fully saturated rings. The summed E-state index contributed by atoms with van der Waals surface area (Å²) in [5, 5.41) is 14.0. The largest absolute Gasteiger partial charge is 0.378 e. The van der Waals surface area contributed by atoms with E-state index in [0.717, 1.165) is 19.5 Å². The van der Waals surface area contributed by atoms with Crippen LogP contribution in [0.5, 0.6) is 0 Å². The van der Waals surface area contributed by atoms with E-state index in [0.29, 0.717) is 11.7 Å². The second kappa shape index (κ2) is 5.77. The predicted octanol–water partition coefficient (Wildman–Crippen LogP) is 1.89. The molecular formula is C12H18N4O2. The molecule has 0 spiro atoms. The number of hydrogen-bond donors (Lipinski definition) is 1. The highest BCUT2D eigenvalue weighted by Gasteiger charge is 2.20. The van der Waals surface area contributed by atoms with E-state index in [1.165, 1.54) is 19.0 Å². The summed E-state index contributed by atoms with van der Waals surface area (Å²) in [5.74, 6) is 0. The normalized spacial score (nSPS) is 20.6. The van der Waals surface area contributed by atoms with Gasteiger partial charge in [-0.25, -0.2) is 0 Å². The Morgan fingerprint density at radius 2 is 2.44 bits per heavy atom. The first-order valence-corrected chi connectivity index (χ1v) is 6.21. The number of anilines is 1. The molecule has 0 bridgehead atoms. The van der Waals surface area contributed by atoms with Gasteiger partial charge in [0.15, 0.2) is 0 Å². The van der Waals surface area contributed by atoms with Gasteiger partial charge in [0.2, 0.25) is 0 Å². The summed E-state index contributed by atoms with van der Waals surface area (Å²) in [6.07, 6.45) is 6.47. The van der Waals surface area contributed by atoms with E-state index in [1.54, 1.807) is 12.3 Å². The first-order valence-electron chi connectivity index (χ1n) is 6.21. The first-order chi connectivity index (χ1) is 8.68. The van der Waals surface area contributed by atoms with Gasteiger partial charge in [-0.05, 0) is 32.5 Å². The fourth-order valence-corrected chi connectivity index (χ4v) is 2.31. The average Bonchev–Trinajstić information content (AvgIpc) is 2.38. The second-order valence-electron chi connectivity index (χ2n) is 4.66. The predicted molar refractivity (Wildman–Crippen MR) is 69.7 cm³/mol. The highest BCUT2D eigenvalue weighted by atomic mass is 16.6. The van der Waals surface area contributed by atoms with Crippen LogP contribution in [0.2, 0.25) is 0 Å².